The van der Waals surface area contributed by atoms with Crippen molar-refractivity contribution in [1.29, 1.82) is 0 Å². The van der Waals surface area contributed by atoms with Crippen molar-refractivity contribution in [3.8, 4) is 0 Å². The Bertz CT molecular complexity index is 538. The van der Waals surface area contributed by atoms with Crippen LogP contribution in [-0.2, 0) is 10.2 Å². The van der Waals surface area contributed by atoms with Gasteiger partial charge in [0.15, 0.2) is 0 Å². The van der Waals surface area contributed by atoms with Gasteiger partial charge in [0.05, 0.1) is 5.41 Å². The molecule has 2 aliphatic rings. The summed E-state index contributed by atoms with van der Waals surface area (Å²) in [5, 5.41) is 0. The SMILES string of the molecule is CC1(CN)CCN(C(=O)C2(c3ccc(Br)cc3)CCC2)C1. The monoisotopic (exact) mass is 350 g/mol. The third-order valence-electron chi connectivity index (χ3n) is 5.35. The van der Waals surface area contributed by atoms with Gasteiger partial charge in [0.2, 0.25) is 5.91 Å². The van der Waals surface area contributed by atoms with E-state index in [2.05, 4.69) is 35.0 Å². The van der Waals surface area contributed by atoms with Crippen LogP contribution in [0.3, 0.4) is 0 Å². The maximum atomic E-state index is 13.1. The van der Waals surface area contributed by atoms with Crippen LogP contribution in [0, 0.1) is 5.41 Å². The largest absolute Gasteiger partial charge is 0.341 e. The fraction of sp³-hybridized carbons (Fsp3) is 0.588. The molecule has 1 heterocycles. The van der Waals surface area contributed by atoms with E-state index in [0.29, 0.717) is 12.5 Å². The minimum atomic E-state index is -0.277. The van der Waals surface area contributed by atoms with Crippen LogP contribution in [0.2, 0.25) is 0 Å². The Morgan fingerprint density at radius 1 is 1.29 bits per heavy atom. The van der Waals surface area contributed by atoms with Gasteiger partial charge in [0.1, 0.15) is 0 Å². The van der Waals surface area contributed by atoms with Crippen molar-refractivity contribution in [2.75, 3.05) is 19.6 Å². The summed E-state index contributed by atoms with van der Waals surface area (Å²) >= 11 is 3.47. The number of hydrogen-bond acceptors (Lipinski definition) is 2. The molecule has 1 aliphatic heterocycles. The summed E-state index contributed by atoms with van der Waals surface area (Å²) in [7, 11) is 0. The zero-order valence-electron chi connectivity index (χ0n) is 12.6. The first-order valence-corrected chi connectivity index (χ1v) is 8.54. The number of carbonyl (C=O) groups excluding carboxylic acids is 1. The van der Waals surface area contributed by atoms with Gasteiger partial charge >= 0.3 is 0 Å². The number of rotatable bonds is 3. The summed E-state index contributed by atoms with van der Waals surface area (Å²) in [6.45, 7) is 4.50. The van der Waals surface area contributed by atoms with Gasteiger partial charge in [-0.15, -0.1) is 0 Å². The maximum absolute atomic E-state index is 13.1. The van der Waals surface area contributed by atoms with E-state index in [1.807, 2.05) is 17.0 Å². The van der Waals surface area contributed by atoms with Gasteiger partial charge in [0.25, 0.3) is 0 Å². The van der Waals surface area contributed by atoms with Crippen molar-refractivity contribution in [2.45, 2.75) is 38.0 Å². The first kappa shape index (κ1) is 15.0. The highest BCUT2D eigenvalue weighted by atomic mass is 79.9. The van der Waals surface area contributed by atoms with E-state index in [1.54, 1.807) is 0 Å². The lowest BCUT2D eigenvalue weighted by molar-refractivity contribution is -0.140. The number of hydrogen-bond donors (Lipinski definition) is 1. The van der Waals surface area contributed by atoms with Crippen molar-refractivity contribution in [2.24, 2.45) is 11.1 Å². The highest BCUT2D eigenvalue weighted by molar-refractivity contribution is 9.10. The van der Waals surface area contributed by atoms with E-state index in [4.69, 9.17) is 5.73 Å². The zero-order chi connectivity index (χ0) is 15.1. The molecule has 0 radical (unpaired) electrons. The fourth-order valence-electron chi connectivity index (χ4n) is 3.59. The Hall–Kier alpha value is -0.870. The molecule has 0 bridgehead atoms. The van der Waals surface area contributed by atoms with Crippen molar-refractivity contribution in [3.05, 3.63) is 34.3 Å². The van der Waals surface area contributed by atoms with Crippen molar-refractivity contribution >= 4 is 21.8 Å². The Balaban J connectivity index is 1.83. The van der Waals surface area contributed by atoms with E-state index in [1.165, 1.54) is 5.56 Å². The van der Waals surface area contributed by atoms with Gasteiger partial charge in [-0.3, -0.25) is 4.79 Å². The molecule has 2 N–H and O–H groups in total. The molecule has 3 rings (SSSR count). The third-order valence-corrected chi connectivity index (χ3v) is 5.88. The molecule has 2 fully saturated rings. The number of benzene rings is 1. The van der Waals surface area contributed by atoms with Crippen LogP contribution >= 0.6 is 15.9 Å². The van der Waals surface area contributed by atoms with Crippen LogP contribution in [0.1, 0.15) is 38.2 Å². The zero-order valence-corrected chi connectivity index (χ0v) is 14.2. The van der Waals surface area contributed by atoms with E-state index in [9.17, 15) is 4.79 Å². The highest BCUT2D eigenvalue weighted by Gasteiger charge is 2.49. The van der Waals surface area contributed by atoms with Crippen molar-refractivity contribution in [1.82, 2.24) is 4.90 Å². The molecule has 1 aromatic rings. The number of nitrogens with zero attached hydrogens (tertiary/aromatic N) is 1. The number of nitrogens with two attached hydrogens (primary N) is 1. The van der Waals surface area contributed by atoms with E-state index in [0.717, 1.165) is 43.2 Å². The number of halogens is 1. The first-order chi connectivity index (χ1) is 9.99. The fourth-order valence-corrected chi connectivity index (χ4v) is 3.86. The standard InChI is InChI=1S/C17H23BrN2O/c1-16(11-19)9-10-20(12-16)15(21)17(7-2-8-17)13-3-5-14(18)6-4-13/h3-6H,2,7-12,19H2,1H3. The van der Waals surface area contributed by atoms with Crippen molar-refractivity contribution in [3.63, 3.8) is 0 Å². The summed E-state index contributed by atoms with van der Waals surface area (Å²) < 4.78 is 1.06. The summed E-state index contributed by atoms with van der Waals surface area (Å²) in [6, 6.07) is 8.27. The molecule has 1 saturated heterocycles. The van der Waals surface area contributed by atoms with Gasteiger partial charge in [-0.2, -0.15) is 0 Å². The number of amides is 1. The molecule has 1 atom stereocenters. The molecule has 1 aliphatic carbocycles. The van der Waals surface area contributed by atoms with Crippen LogP contribution in [-0.4, -0.2) is 30.4 Å². The normalized spacial score (nSPS) is 27.5. The highest BCUT2D eigenvalue weighted by Crippen LogP contribution is 2.46. The molecule has 1 saturated carbocycles. The Morgan fingerprint density at radius 2 is 1.95 bits per heavy atom. The summed E-state index contributed by atoms with van der Waals surface area (Å²) in [4.78, 5) is 15.2. The lowest BCUT2D eigenvalue weighted by Gasteiger charge is -2.43. The van der Waals surface area contributed by atoms with Crippen LogP contribution in [0.25, 0.3) is 0 Å². The van der Waals surface area contributed by atoms with E-state index >= 15 is 0 Å². The quantitative estimate of drug-likeness (QED) is 0.910. The smallest absolute Gasteiger partial charge is 0.233 e. The molecule has 1 amide bonds. The Labute approximate surface area is 135 Å². The molecule has 114 valence electrons. The average Bonchev–Trinajstić information content (AvgIpc) is 2.83. The second-order valence-corrected chi connectivity index (χ2v) is 7.85. The molecule has 0 spiro atoms. The number of likely N-dealkylation sites (tertiary alicyclic amines) is 1. The predicted octanol–water partition coefficient (Wildman–Crippen LogP) is 3.07. The van der Waals surface area contributed by atoms with Gasteiger partial charge in [0, 0.05) is 17.6 Å². The van der Waals surface area contributed by atoms with Gasteiger partial charge in [-0.05, 0) is 48.9 Å². The van der Waals surface area contributed by atoms with Crippen molar-refractivity contribution < 1.29 is 4.79 Å². The lowest BCUT2D eigenvalue weighted by Crippen LogP contribution is -2.51. The maximum Gasteiger partial charge on any atom is 0.233 e. The van der Waals surface area contributed by atoms with E-state index in [-0.39, 0.29) is 10.8 Å². The molecule has 0 aromatic heterocycles. The van der Waals surface area contributed by atoms with Crippen LogP contribution in [0.4, 0.5) is 0 Å². The minimum Gasteiger partial charge on any atom is -0.341 e. The second-order valence-electron chi connectivity index (χ2n) is 6.93. The predicted molar refractivity (Wildman–Crippen MR) is 88.0 cm³/mol. The molecule has 1 unspecified atom stereocenters. The summed E-state index contributed by atoms with van der Waals surface area (Å²) in [6.07, 6.45) is 4.11. The summed E-state index contributed by atoms with van der Waals surface area (Å²) in [5.74, 6) is 0.313. The average molecular weight is 351 g/mol. The molecular weight excluding hydrogens is 328 g/mol. The Morgan fingerprint density at radius 3 is 2.43 bits per heavy atom. The minimum absolute atomic E-state index is 0.0975. The van der Waals surface area contributed by atoms with Crippen LogP contribution in [0.15, 0.2) is 28.7 Å². The number of carbonyl (C=O) groups is 1. The lowest BCUT2D eigenvalue weighted by atomic mass is 9.63. The molecule has 3 nitrogen and oxygen atoms in total. The van der Waals surface area contributed by atoms with E-state index < -0.39 is 0 Å². The second kappa shape index (κ2) is 5.40. The Kier molecular flexibility index (Phi) is 3.87. The molecular formula is C17H23BrN2O. The van der Waals surface area contributed by atoms with Gasteiger partial charge in [-0.1, -0.05) is 41.4 Å². The molecule has 1 aromatic carbocycles. The topological polar surface area (TPSA) is 46.3 Å². The third kappa shape index (κ3) is 2.53. The molecule has 21 heavy (non-hydrogen) atoms. The van der Waals surface area contributed by atoms with Crippen LogP contribution in [0.5, 0.6) is 0 Å². The molecule has 4 heteroatoms. The van der Waals surface area contributed by atoms with Crippen LogP contribution < -0.4 is 5.73 Å². The van der Waals surface area contributed by atoms with Gasteiger partial charge < -0.3 is 10.6 Å². The first-order valence-electron chi connectivity index (χ1n) is 7.75. The summed E-state index contributed by atoms with van der Waals surface area (Å²) in [5.41, 5.74) is 6.86. The van der Waals surface area contributed by atoms with Gasteiger partial charge in [-0.25, -0.2) is 0 Å².